The van der Waals surface area contributed by atoms with E-state index in [9.17, 15) is 4.79 Å². The molecule has 0 N–H and O–H groups in total. The number of carbonyl (C=O) groups excluding carboxylic acids is 1. The smallest absolute Gasteiger partial charge is 0.279 e. The normalized spacial score (nSPS) is 21.7. The van der Waals surface area contributed by atoms with Crippen LogP contribution in [0.15, 0.2) is 29.4 Å². The topological polar surface area (TPSA) is 39.2 Å². The van der Waals surface area contributed by atoms with Crippen molar-refractivity contribution < 1.29 is 4.79 Å². The molecule has 106 valence electrons. The molecular weight excluding hydrogens is 252 g/mol. The number of piperazine rings is 1. The second-order valence-corrected chi connectivity index (χ2v) is 5.27. The number of carbonyl (C=O) groups is 1. The number of hydrazone groups is 1. The summed E-state index contributed by atoms with van der Waals surface area (Å²) in [5.41, 5.74) is 2.53. The molecule has 1 saturated heterocycles. The predicted molar refractivity (Wildman–Crippen MR) is 80.1 cm³/mol. The van der Waals surface area contributed by atoms with Crippen LogP contribution in [0, 0.1) is 0 Å². The third-order valence-electron chi connectivity index (χ3n) is 3.94. The maximum atomic E-state index is 12.5. The maximum absolute atomic E-state index is 12.5. The van der Waals surface area contributed by atoms with Crippen LogP contribution in [-0.2, 0) is 4.79 Å². The van der Waals surface area contributed by atoms with E-state index in [0.29, 0.717) is 12.3 Å². The number of fused-ring (bicyclic) bond motifs is 1. The number of benzene rings is 1. The summed E-state index contributed by atoms with van der Waals surface area (Å²) in [6.07, 6.45) is 0. The highest BCUT2D eigenvalue weighted by molar-refractivity contribution is 6.54. The number of nitrogens with zero attached hydrogens (tertiary/aromatic N) is 4. The fourth-order valence-electron chi connectivity index (χ4n) is 2.71. The zero-order chi connectivity index (χ0) is 14.1. The first-order valence-corrected chi connectivity index (χ1v) is 7.14. The van der Waals surface area contributed by atoms with E-state index >= 15 is 0 Å². The number of hydrogen-bond acceptors (Lipinski definition) is 4. The summed E-state index contributed by atoms with van der Waals surface area (Å²) < 4.78 is 0. The van der Waals surface area contributed by atoms with E-state index in [1.165, 1.54) is 0 Å². The minimum atomic E-state index is 0.0210. The molecule has 2 heterocycles. The Hall–Kier alpha value is -1.88. The Morgan fingerprint density at radius 2 is 1.85 bits per heavy atom. The van der Waals surface area contributed by atoms with E-state index in [4.69, 9.17) is 0 Å². The Morgan fingerprint density at radius 3 is 2.55 bits per heavy atom. The van der Waals surface area contributed by atoms with Crippen molar-refractivity contribution in [3.8, 4) is 0 Å². The van der Waals surface area contributed by atoms with Crippen molar-refractivity contribution in [3.05, 3.63) is 29.8 Å². The Morgan fingerprint density at radius 1 is 1.15 bits per heavy atom. The standard InChI is InChI=1S/C15H20N4O/c1-3-19-13-7-5-4-6-12(13)14(15(19)20)16-18-10-8-17(2)9-11-18/h4-7H,3,8-11H2,1-2H3. The number of hydrogen-bond donors (Lipinski definition) is 0. The summed E-state index contributed by atoms with van der Waals surface area (Å²) in [6.45, 7) is 6.41. The molecule has 5 heteroatoms. The van der Waals surface area contributed by atoms with Crippen molar-refractivity contribution in [1.29, 1.82) is 0 Å². The minimum absolute atomic E-state index is 0.0210. The first kappa shape index (κ1) is 13.1. The molecule has 0 unspecified atom stereocenters. The van der Waals surface area contributed by atoms with E-state index in [0.717, 1.165) is 37.4 Å². The van der Waals surface area contributed by atoms with Crippen LogP contribution in [0.5, 0.6) is 0 Å². The van der Waals surface area contributed by atoms with Crippen LogP contribution in [0.3, 0.4) is 0 Å². The Labute approximate surface area is 119 Å². The van der Waals surface area contributed by atoms with Crippen LogP contribution >= 0.6 is 0 Å². The van der Waals surface area contributed by atoms with Crippen LogP contribution in [-0.4, -0.2) is 61.3 Å². The van der Waals surface area contributed by atoms with Gasteiger partial charge in [-0.2, -0.15) is 5.10 Å². The molecule has 0 aromatic heterocycles. The molecule has 0 bridgehead atoms. The lowest BCUT2D eigenvalue weighted by molar-refractivity contribution is -0.112. The molecule has 0 spiro atoms. The highest BCUT2D eigenvalue weighted by Crippen LogP contribution is 2.29. The van der Waals surface area contributed by atoms with Gasteiger partial charge in [0.25, 0.3) is 5.91 Å². The van der Waals surface area contributed by atoms with Gasteiger partial charge in [0.05, 0.1) is 5.69 Å². The van der Waals surface area contributed by atoms with Gasteiger partial charge in [-0.1, -0.05) is 18.2 Å². The lowest BCUT2D eigenvalue weighted by atomic mass is 10.1. The van der Waals surface area contributed by atoms with Gasteiger partial charge in [0.2, 0.25) is 0 Å². The molecule has 2 aliphatic heterocycles. The SMILES string of the molecule is CCN1C(=O)C(=NN2CCN(C)CC2)c2ccccc21. The summed E-state index contributed by atoms with van der Waals surface area (Å²) >= 11 is 0. The number of anilines is 1. The zero-order valence-electron chi connectivity index (χ0n) is 12.0. The van der Waals surface area contributed by atoms with Crippen molar-refractivity contribution in [1.82, 2.24) is 9.91 Å². The van der Waals surface area contributed by atoms with Crippen molar-refractivity contribution in [2.45, 2.75) is 6.92 Å². The predicted octanol–water partition coefficient (Wildman–Crippen LogP) is 1.00. The van der Waals surface area contributed by atoms with E-state index in [1.807, 2.05) is 36.2 Å². The van der Waals surface area contributed by atoms with Crippen LogP contribution in [0.1, 0.15) is 12.5 Å². The second-order valence-electron chi connectivity index (χ2n) is 5.27. The van der Waals surface area contributed by atoms with Crippen LogP contribution in [0.4, 0.5) is 5.69 Å². The van der Waals surface area contributed by atoms with Gasteiger partial charge in [0.1, 0.15) is 0 Å². The average molecular weight is 272 g/mol. The third-order valence-corrected chi connectivity index (χ3v) is 3.94. The monoisotopic (exact) mass is 272 g/mol. The number of rotatable bonds is 2. The Kier molecular flexibility index (Phi) is 3.44. The Bertz CT molecular complexity index is 547. The molecule has 0 aliphatic carbocycles. The van der Waals surface area contributed by atoms with Gasteiger partial charge >= 0.3 is 0 Å². The third kappa shape index (κ3) is 2.18. The molecule has 1 aromatic rings. The fourth-order valence-corrected chi connectivity index (χ4v) is 2.71. The van der Waals surface area contributed by atoms with E-state index in [2.05, 4.69) is 17.0 Å². The van der Waals surface area contributed by atoms with Crippen molar-refractivity contribution in [2.24, 2.45) is 5.10 Å². The van der Waals surface area contributed by atoms with Gasteiger partial charge in [-0.3, -0.25) is 9.80 Å². The Balaban J connectivity index is 1.91. The second kappa shape index (κ2) is 5.25. The fraction of sp³-hybridized carbons (Fsp3) is 0.467. The van der Waals surface area contributed by atoms with E-state index < -0.39 is 0 Å². The molecule has 0 radical (unpaired) electrons. The molecule has 20 heavy (non-hydrogen) atoms. The maximum Gasteiger partial charge on any atom is 0.279 e. The van der Waals surface area contributed by atoms with Crippen LogP contribution in [0.25, 0.3) is 0 Å². The summed E-state index contributed by atoms with van der Waals surface area (Å²) in [5.74, 6) is 0.0210. The van der Waals surface area contributed by atoms with Crippen LogP contribution in [0.2, 0.25) is 0 Å². The van der Waals surface area contributed by atoms with Crippen LogP contribution < -0.4 is 4.90 Å². The summed E-state index contributed by atoms with van der Waals surface area (Å²) in [5, 5.41) is 6.64. The highest BCUT2D eigenvalue weighted by Gasteiger charge is 2.33. The van der Waals surface area contributed by atoms with Gasteiger partial charge in [-0.05, 0) is 20.0 Å². The molecule has 2 aliphatic rings. The highest BCUT2D eigenvalue weighted by atomic mass is 16.2. The van der Waals surface area contributed by atoms with Crippen molar-refractivity contribution in [3.63, 3.8) is 0 Å². The van der Waals surface area contributed by atoms with Crippen molar-refractivity contribution in [2.75, 3.05) is 44.7 Å². The van der Waals surface area contributed by atoms with Gasteiger partial charge in [0, 0.05) is 38.3 Å². The molecule has 3 rings (SSSR count). The molecule has 1 aromatic carbocycles. The largest absolute Gasteiger partial charge is 0.307 e. The lowest BCUT2D eigenvalue weighted by Crippen LogP contribution is -2.42. The molecule has 0 atom stereocenters. The summed E-state index contributed by atoms with van der Waals surface area (Å²) in [7, 11) is 2.11. The van der Waals surface area contributed by atoms with E-state index in [1.54, 1.807) is 4.90 Å². The first-order chi connectivity index (χ1) is 9.70. The molecule has 5 nitrogen and oxygen atoms in total. The van der Waals surface area contributed by atoms with Gasteiger partial charge < -0.3 is 9.80 Å². The quantitative estimate of drug-likeness (QED) is 0.806. The summed E-state index contributed by atoms with van der Waals surface area (Å²) in [6, 6.07) is 7.90. The molecule has 1 fully saturated rings. The van der Waals surface area contributed by atoms with Crippen molar-refractivity contribution >= 4 is 17.3 Å². The van der Waals surface area contributed by atoms with E-state index in [-0.39, 0.29) is 5.91 Å². The average Bonchev–Trinajstić information content (AvgIpc) is 2.74. The van der Waals surface area contributed by atoms with Gasteiger partial charge in [0.15, 0.2) is 5.71 Å². The molecule has 0 saturated carbocycles. The molecule has 1 amide bonds. The number of para-hydroxylation sites is 1. The number of amides is 1. The summed E-state index contributed by atoms with van der Waals surface area (Å²) in [4.78, 5) is 16.6. The minimum Gasteiger partial charge on any atom is -0.307 e. The van der Waals surface area contributed by atoms with Gasteiger partial charge in [-0.25, -0.2) is 0 Å². The zero-order valence-corrected chi connectivity index (χ0v) is 12.0. The lowest BCUT2D eigenvalue weighted by Gasteiger charge is -2.30. The first-order valence-electron chi connectivity index (χ1n) is 7.14. The molecular formula is C15H20N4O. The van der Waals surface area contributed by atoms with Gasteiger partial charge in [-0.15, -0.1) is 0 Å². The number of likely N-dealkylation sites (N-methyl/N-ethyl adjacent to an activating group) is 2.